The lowest BCUT2D eigenvalue weighted by Gasteiger charge is -2.27. The molecule has 5 heteroatoms. The molecule has 1 heterocycles. The predicted octanol–water partition coefficient (Wildman–Crippen LogP) is 2.52. The molecule has 0 saturated carbocycles. The highest BCUT2D eigenvalue weighted by atomic mass is 16.5. The first-order valence-corrected chi connectivity index (χ1v) is 9.03. The van der Waals surface area contributed by atoms with E-state index in [1.54, 1.807) is 29.2 Å². The fraction of sp³-hybridized carbons (Fsp3) is 0.333. The molecule has 0 atom stereocenters. The van der Waals surface area contributed by atoms with Crippen molar-refractivity contribution in [1.29, 1.82) is 0 Å². The molecule has 2 aromatic carbocycles. The van der Waals surface area contributed by atoms with Gasteiger partial charge in [0.1, 0.15) is 0 Å². The summed E-state index contributed by atoms with van der Waals surface area (Å²) in [5.41, 5.74) is 2.33. The molecule has 0 unspecified atom stereocenters. The number of rotatable bonds is 6. The van der Waals surface area contributed by atoms with E-state index in [0.717, 1.165) is 12.8 Å². The van der Waals surface area contributed by atoms with Gasteiger partial charge < -0.3 is 15.0 Å². The maximum Gasteiger partial charge on any atom is 0.254 e. The maximum absolute atomic E-state index is 12.5. The monoisotopic (exact) mass is 352 g/mol. The second kappa shape index (κ2) is 9.15. The van der Waals surface area contributed by atoms with Crippen LogP contribution in [-0.4, -0.2) is 49.6 Å². The van der Waals surface area contributed by atoms with E-state index >= 15 is 0 Å². The van der Waals surface area contributed by atoms with E-state index in [1.165, 1.54) is 5.56 Å². The number of benzene rings is 2. The molecule has 0 aromatic heterocycles. The highest BCUT2D eigenvalue weighted by Gasteiger charge is 2.19. The Morgan fingerprint density at radius 2 is 1.69 bits per heavy atom. The van der Waals surface area contributed by atoms with E-state index in [9.17, 15) is 9.59 Å². The number of nitrogens with zero attached hydrogens (tertiary/aromatic N) is 1. The van der Waals surface area contributed by atoms with Crippen LogP contribution in [0.5, 0.6) is 0 Å². The molecule has 3 rings (SSSR count). The van der Waals surface area contributed by atoms with Gasteiger partial charge in [-0.2, -0.15) is 0 Å². The van der Waals surface area contributed by atoms with Crippen molar-refractivity contribution >= 4 is 11.8 Å². The number of ether oxygens (including phenoxy) is 1. The molecule has 1 N–H and O–H groups in total. The molecule has 1 fully saturated rings. The Balaban J connectivity index is 1.52. The van der Waals surface area contributed by atoms with Gasteiger partial charge in [0.05, 0.1) is 13.2 Å². The van der Waals surface area contributed by atoms with Crippen molar-refractivity contribution in [3.63, 3.8) is 0 Å². The van der Waals surface area contributed by atoms with Crippen molar-refractivity contribution in [2.45, 2.75) is 12.8 Å². The molecule has 136 valence electrons. The molecule has 1 aliphatic heterocycles. The number of morpholine rings is 1. The van der Waals surface area contributed by atoms with Crippen LogP contribution in [-0.2, 0) is 11.2 Å². The van der Waals surface area contributed by atoms with Crippen molar-refractivity contribution in [2.75, 3.05) is 32.8 Å². The molecule has 5 nitrogen and oxygen atoms in total. The Labute approximate surface area is 154 Å². The molecular formula is C21H24N2O3. The number of hydrogen-bond donors (Lipinski definition) is 1. The largest absolute Gasteiger partial charge is 0.378 e. The summed E-state index contributed by atoms with van der Waals surface area (Å²) >= 11 is 0. The second-order valence-corrected chi connectivity index (χ2v) is 6.33. The van der Waals surface area contributed by atoms with Gasteiger partial charge in [-0.1, -0.05) is 36.4 Å². The van der Waals surface area contributed by atoms with Gasteiger partial charge in [0.15, 0.2) is 0 Å². The van der Waals surface area contributed by atoms with Crippen molar-refractivity contribution in [1.82, 2.24) is 10.2 Å². The molecular weight excluding hydrogens is 328 g/mol. The van der Waals surface area contributed by atoms with Crippen LogP contribution < -0.4 is 5.32 Å². The molecule has 26 heavy (non-hydrogen) atoms. The molecule has 0 radical (unpaired) electrons. The summed E-state index contributed by atoms with van der Waals surface area (Å²) in [7, 11) is 0. The standard InChI is InChI=1S/C21H24N2O3/c24-20(22-11-5-8-17-6-2-1-3-7-17)18-9-4-10-19(16-18)21(25)23-12-14-26-15-13-23/h1-4,6-7,9-10,16H,5,8,11-15H2,(H,22,24). The average Bonchev–Trinajstić information content (AvgIpc) is 2.72. The number of carbonyl (C=O) groups is 2. The van der Waals surface area contributed by atoms with Gasteiger partial charge in [0, 0.05) is 30.8 Å². The number of carbonyl (C=O) groups excluding carboxylic acids is 2. The highest BCUT2D eigenvalue weighted by Crippen LogP contribution is 2.10. The van der Waals surface area contributed by atoms with Crippen molar-refractivity contribution < 1.29 is 14.3 Å². The number of aryl methyl sites for hydroxylation is 1. The summed E-state index contributed by atoms with van der Waals surface area (Å²) in [6.45, 7) is 2.92. The van der Waals surface area contributed by atoms with Crippen LogP contribution in [0.15, 0.2) is 54.6 Å². The van der Waals surface area contributed by atoms with Gasteiger partial charge in [0.25, 0.3) is 11.8 Å². The van der Waals surface area contributed by atoms with E-state index < -0.39 is 0 Å². The summed E-state index contributed by atoms with van der Waals surface area (Å²) in [6, 6.07) is 17.1. The van der Waals surface area contributed by atoms with Crippen LogP contribution >= 0.6 is 0 Å². The minimum absolute atomic E-state index is 0.0490. The SMILES string of the molecule is O=C(NCCCc1ccccc1)c1cccc(C(=O)N2CCOCC2)c1. The third-order valence-corrected chi connectivity index (χ3v) is 4.44. The second-order valence-electron chi connectivity index (χ2n) is 6.33. The van der Waals surface area contributed by atoms with Gasteiger partial charge in [0.2, 0.25) is 0 Å². The minimum Gasteiger partial charge on any atom is -0.378 e. The van der Waals surface area contributed by atoms with Crippen LogP contribution in [0.3, 0.4) is 0 Å². The Morgan fingerprint density at radius 3 is 2.46 bits per heavy atom. The Kier molecular flexibility index (Phi) is 6.39. The van der Waals surface area contributed by atoms with Crippen LogP contribution in [0.2, 0.25) is 0 Å². The van der Waals surface area contributed by atoms with Crippen molar-refractivity contribution in [2.24, 2.45) is 0 Å². The number of nitrogens with one attached hydrogen (secondary N) is 1. The summed E-state index contributed by atoms with van der Waals surface area (Å²) < 4.78 is 5.28. The number of hydrogen-bond acceptors (Lipinski definition) is 3. The number of amides is 2. The zero-order valence-electron chi connectivity index (χ0n) is 14.8. The van der Waals surface area contributed by atoms with Gasteiger partial charge in [-0.15, -0.1) is 0 Å². The summed E-state index contributed by atoms with van der Waals surface area (Å²) in [4.78, 5) is 26.6. The van der Waals surface area contributed by atoms with Gasteiger partial charge >= 0.3 is 0 Å². The topological polar surface area (TPSA) is 58.6 Å². The lowest BCUT2D eigenvalue weighted by atomic mass is 10.1. The van der Waals surface area contributed by atoms with E-state index in [1.807, 2.05) is 18.2 Å². The quantitative estimate of drug-likeness (QED) is 0.813. The van der Waals surface area contributed by atoms with Crippen molar-refractivity contribution in [3.8, 4) is 0 Å². The molecule has 0 aliphatic carbocycles. The summed E-state index contributed by atoms with van der Waals surface area (Å²) in [5, 5.41) is 2.93. The first kappa shape index (κ1) is 18.1. The van der Waals surface area contributed by atoms with Crippen LogP contribution in [0.1, 0.15) is 32.7 Å². The van der Waals surface area contributed by atoms with E-state index in [2.05, 4.69) is 17.4 Å². The minimum atomic E-state index is -0.144. The van der Waals surface area contributed by atoms with E-state index in [-0.39, 0.29) is 11.8 Å². The van der Waals surface area contributed by atoms with E-state index in [0.29, 0.717) is 44.0 Å². The molecule has 2 amide bonds. The normalized spacial score (nSPS) is 14.1. The first-order chi connectivity index (χ1) is 12.7. The molecule has 1 saturated heterocycles. The smallest absolute Gasteiger partial charge is 0.254 e. The third-order valence-electron chi connectivity index (χ3n) is 4.44. The first-order valence-electron chi connectivity index (χ1n) is 9.03. The Morgan fingerprint density at radius 1 is 0.962 bits per heavy atom. The molecule has 1 aliphatic rings. The molecule has 0 bridgehead atoms. The molecule has 0 spiro atoms. The lowest BCUT2D eigenvalue weighted by molar-refractivity contribution is 0.0303. The van der Waals surface area contributed by atoms with Crippen LogP contribution in [0.4, 0.5) is 0 Å². The fourth-order valence-corrected chi connectivity index (χ4v) is 2.98. The predicted molar refractivity (Wildman–Crippen MR) is 100 cm³/mol. The average molecular weight is 352 g/mol. The Hall–Kier alpha value is -2.66. The zero-order valence-corrected chi connectivity index (χ0v) is 14.8. The van der Waals surface area contributed by atoms with E-state index in [4.69, 9.17) is 4.74 Å². The summed E-state index contributed by atoms with van der Waals surface area (Å²) in [5.74, 6) is -0.193. The van der Waals surface area contributed by atoms with Gasteiger partial charge in [-0.25, -0.2) is 0 Å². The molecule has 2 aromatic rings. The van der Waals surface area contributed by atoms with Crippen molar-refractivity contribution in [3.05, 3.63) is 71.3 Å². The maximum atomic E-state index is 12.5. The fourth-order valence-electron chi connectivity index (χ4n) is 2.98. The third kappa shape index (κ3) is 4.92. The Bertz CT molecular complexity index is 740. The van der Waals surface area contributed by atoms with Crippen LogP contribution in [0, 0.1) is 0 Å². The van der Waals surface area contributed by atoms with Crippen LogP contribution in [0.25, 0.3) is 0 Å². The zero-order chi connectivity index (χ0) is 18.2. The summed E-state index contributed by atoms with van der Waals surface area (Å²) in [6.07, 6.45) is 1.80. The highest BCUT2D eigenvalue weighted by molar-refractivity contribution is 5.99. The lowest BCUT2D eigenvalue weighted by Crippen LogP contribution is -2.40. The van der Waals surface area contributed by atoms with Gasteiger partial charge in [-0.3, -0.25) is 9.59 Å². The van der Waals surface area contributed by atoms with Gasteiger partial charge in [-0.05, 0) is 36.6 Å².